The van der Waals surface area contributed by atoms with E-state index in [2.05, 4.69) is 14.7 Å². The van der Waals surface area contributed by atoms with Gasteiger partial charge in [0.2, 0.25) is 11.8 Å². The molecule has 1 aliphatic heterocycles. The van der Waals surface area contributed by atoms with Gasteiger partial charge in [0.15, 0.2) is 0 Å². The van der Waals surface area contributed by atoms with Crippen molar-refractivity contribution in [2.45, 2.75) is 63.6 Å². The van der Waals surface area contributed by atoms with E-state index in [4.69, 9.17) is 9.47 Å². The van der Waals surface area contributed by atoms with Gasteiger partial charge >= 0.3 is 12.1 Å². The first-order valence-corrected chi connectivity index (χ1v) is 16.7. The number of nitrogens with one attached hydrogen (secondary N) is 1. The molecule has 0 saturated carbocycles. The molecule has 2 atom stereocenters. The molecule has 4 aromatic rings. The second-order valence-corrected chi connectivity index (χ2v) is 14.3. The first-order chi connectivity index (χ1) is 22.2. The summed E-state index contributed by atoms with van der Waals surface area (Å²) in [6, 6.07) is 22.3. The highest BCUT2D eigenvalue weighted by atomic mass is 32.2. The van der Waals surface area contributed by atoms with E-state index in [1.165, 1.54) is 18.2 Å². The van der Waals surface area contributed by atoms with Crippen molar-refractivity contribution in [1.82, 2.24) is 14.9 Å². The summed E-state index contributed by atoms with van der Waals surface area (Å²) in [5.41, 5.74) is 3.23. The molecule has 2 unspecified atom stereocenters. The number of rotatable bonds is 8. The molecule has 1 aromatic heterocycles. The van der Waals surface area contributed by atoms with Gasteiger partial charge < -0.3 is 19.5 Å². The molecule has 0 aliphatic carbocycles. The fraction of sp³-hybridized carbons (Fsp3) is 0.314. The van der Waals surface area contributed by atoms with Gasteiger partial charge in [-0.15, -0.1) is 0 Å². The fourth-order valence-corrected chi connectivity index (χ4v) is 6.59. The van der Waals surface area contributed by atoms with Crippen LogP contribution in [0.15, 0.2) is 83.8 Å². The molecule has 2 heterocycles. The Bertz CT molecular complexity index is 1870. The predicted molar refractivity (Wildman–Crippen MR) is 177 cm³/mol. The molecule has 5 rings (SSSR count). The average molecular weight is 659 g/mol. The van der Waals surface area contributed by atoms with Crippen molar-refractivity contribution in [2.24, 2.45) is 0 Å². The summed E-state index contributed by atoms with van der Waals surface area (Å²) < 4.78 is 41.4. The molecule has 0 radical (unpaired) electrons. The lowest BCUT2D eigenvalue weighted by molar-refractivity contribution is 0.00362. The van der Waals surface area contributed by atoms with Crippen LogP contribution in [-0.4, -0.2) is 65.2 Å². The molecule has 246 valence electrons. The molecule has 3 aromatic carbocycles. The van der Waals surface area contributed by atoms with E-state index >= 15 is 0 Å². The Morgan fingerprint density at radius 2 is 1.60 bits per heavy atom. The number of ether oxygens (including phenoxy) is 2. The van der Waals surface area contributed by atoms with Crippen LogP contribution in [-0.2, 0) is 14.8 Å². The van der Waals surface area contributed by atoms with Crippen molar-refractivity contribution in [2.75, 3.05) is 17.8 Å². The third kappa shape index (κ3) is 8.25. The minimum absolute atomic E-state index is 0.0538. The van der Waals surface area contributed by atoms with Gasteiger partial charge in [0.1, 0.15) is 11.7 Å². The van der Waals surface area contributed by atoms with Crippen molar-refractivity contribution < 1.29 is 32.6 Å². The Kier molecular flexibility index (Phi) is 9.53. The quantitative estimate of drug-likeness (QED) is 0.218. The maximum absolute atomic E-state index is 13.4. The molecule has 12 heteroatoms. The zero-order valence-electron chi connectivity index (χ0n) is 26.9. The summed E-state index contributed by atoms with van der Waals surface area (Å²) in [6.07, 6.45) is -0.406. The van der Waals surface area contributed by atoms with Crippen LogP contribution in [0.3, 0.4) is 0 Å². The van der Waals surface area contributed by atoms with Gasteiger partial charge in [-0.1, -0.05) is 54.6 Å². The maximum Gasteiger partial charge on any atom is 0.410 e. The third-order valence-corrected chi connectivity index (χ3v) is 9.00. The largest absolute Gasteiger partial charge is 0.478 e. The summed E-state index contributed by atoms with van der Waals surface area (Å²) in [4.78, 5) is 35.1. The van der Waals surface area contributed by atoms with Gasteiger partial charge in [0.05, 0.1) is 22.7 Å². The summed E-state index contributed by atoms with van der Waals surface area (Å²) in [5, 5.41) is 9.38. The molecule has 1 amide bonds. The molecule has 0 bridgehead atoms. The molecule has 47 heavy (non-hydrogen) atoms. The zero-order valence-corrected chi connectivity index (χ0v) is 27.7. The third-order valence-electron chi connectivity index (χ3n) is 7.68. The van der Waals surface area contributed by atoms with E-state index in [1.54, 1.807) is 11.0 Å². The highest BCUT2D eigenvalue weighted by Crippen LogP contribution is 2.33. The van der Waals surface area contributed by atoms with E-state index < -0.39 is 33.8 Å². The zero-order chi connectivity index (χ0) is 33.9. The number of aromatic carboxylic acids is 1. The van der Waals surface area contributed by atoms with Crippen LogP contribution in [0.5, 0.6) is 5.88 Å². The van der Waals surface area contributed by atoms with Gasteiger partial charge in [-0.05, 0) is 75.9 Å². The molecule has 1 fully saturated rings. The Morgan fingerprint density at radius 1 is 0.915 bits per heavy atom. The van der Waals surface area contributed by atoms with Gasteiger partial charge in [-0.2, -0.15) is 4.98 Å². The number of amides is 1. The number of hydrogen-bond acceptors (Lipinski definition) is 8. The smallest absolute Gasteiger partial charge is 0.410 e. The van der Waals surface area contributed by atoms with Crippen LogP contribution in [0.1, 0.15) is 60.2 Å². The summed E-state index contributed by atoms with van der Waals surface area (Å²) in [6.45, 7) is 9.96. The van der Waals surface area contributed by atoms with Crippen molar-refractivity contribution in [3.05, 3.63) is 101 Å². The summed E-state index contributed by atoms with van der Waals surface area (Å²) in [7, 11) is -4.28. The molecule has 2 N–H and O–H groups in total. The minimum atomic E-state index is -4.28. The molecule has 1 saturated heterocycles. The van der Waals surface area contributed by atoms with Crippen molar-refractivity contribution in [3.63, 3.8) is 0 Å². The monoisotopic (exact) mass is 658 g/mol. The number of nitrogens with zero attached hydrogens (tertiary/aromatic N) is 3. The number of carboxylic acids is 1. The first kappa shape index (κ1) is 33.4. The van der Waals surface area contributed by atoms with Gasteiger partial charge in [-0.25, -0.2) is 27.7 Å². The number of aromatic nitrogens is 2. The highest BCUT2D eigenvalue weighted by molar-refractivity contribution is 7.92. The molecule has 0 spiro atoms. The number of likely N-dealkylation sites (tertiary alicyclic amines) is 1. The number of hydrogen-bond donors (Lipinski definition) is 2. The van der Waals surface area contributed by atoms with Crippen molar-refractivity contribution in [3.8, 4) is 17.1 Å². The van der Waals surface area contributed by atoms with Crippen LogP contribution in [0, 0.1) is 13.8 Å². The van der Waals surface area contributed by atoms with E-state index in [9.17, 15) is 23.1 Å². The van der Waals surface area contributed by atoms with Gasteiger partial charge in [-0.3, -0.25) is 0 Å². The Hall–Kier alpha value is -4.97. The lowest BCUT2D eigenvalue weighted by atomic mass is 9.89. The van der Waals surface area contributed by atoms with Crippen LogP contribution in [0.4, 0.5) is 10.7 Å². The maximum atomic E-state index is 13.4. The molecular formula is C35H38N4O7S. The highest BCUT2D eigenvalue weighted by Gasteiger charge is 2.35. The number of carboxylic acid groups (broad SMARTS) is 1. The van der Waals surface area contributed by atoms with Crippen LogP contribution in [0.25, 0.3) is 11.3 Å². The van der Waals surface area contributed by atoms with Gasteiger partial charge in [0, 0.05) is 24.1 Å². The lowest BCUT2D eigenvalue weighted by Crippen LogP contribution is -2.49. The van der Waals surface area contributed by atoms with Crippen LogP contribution in [0.2, 0.25) is 0 Å². The number of sulfonamides is 1. The van der Waals surface area contributed by atoms with Gasteiger partial charge in [0.25, 0.3) is 10.0 Å². The molecule has 11 nitrogen and oxygen atoms in total. The number of anilines is 1. The van der Waals surface area contributed by atoms with E-state index in [0.29, 0.717) is 18.7 Å². The Morgan fingerprint density at radius 3 is 2.26 bits per heavy atom. The normalized spacial score (nSPS) is 16.7. The molecule has 1 aliphatic rings. The van der Waals surface area contributed by atoms with Crippen LogP contribution >= 0.6 is 0 Å². The average Bonchev–Trinajstić information content (AvgIpc) is 3.00. The molecular weight excluding hydrogens is 620 g/mol. The predicted octanol–water partition coefficient (Wildman–Crippen LogP) is 6.43. The number of carbonyl (C=O) groups excluding carboxylic acids is 1. The number of aryl methyl sites for hydroxylation is 2. The van der Waals surface area contributed by atoms with E-state index in [0.717, 1.165) is 28.3 Å². The van der Waals surface area contributed by atoms with E-state index in [-0.39, 0.29) is 34.7 Å². The SMILES string of the molecule is Cc1cccc(C)c1-c1cc(OC2CC(c3ccccc3)CN(C(=O)OC(C)(C)C)C2)nc(NS(=O)(=O)c2cccc(C(=O)O)c2)n1. The number of carbonyl (C=O) groups is 2. The minimum Gasteiger partial charge on any atom is -0.478 e. The lowest BCUT2D eigenvalue weighted by Gasteiger charge is -2.38. The summed E-state index contributed by atoms with van der Waals surface area (Å²) in [5.74, 6) is -1.45. The fourth-order valence-electron chi connectivity index (χ4n) is 5.60. The first-order valence-electron chi connectivity index (χ1n) is 15.2. The Labute approximate surface area is 274 Å². The van der Waals surface area contributed by atoms with Crippen molar-refractivity contribution in [1.29, 1.82) is 0 Å². The standard InChI is InChI=1S/C35H38N4O7S/c1-22-11-9-12-23(2)31(22)29-19-30(37-33(36-29)38-47(43,44)28-16-10-15-25(18-28)32(40)41)45-27-17-26(24-13-7-6-8-14-24)20-39(21-27)34(42)46-35(3,4)5/h6-16,18-19,26-27H,17,20-21H2,1-5H3,(H,40,41)(H,36,37,38). The van der Waals surface area contributed by atoms with Crippen LogP contribution < -0.4 is 9.46 Å². The second kappa shape index (κ2) is 13.4. The van der Waals surface area contributed by atoms with Crippen molar-refractivity contribution >= 4 is 28.0 Å². The number of piperidine rings is 1. The number of benzene rings is 3. The van der Waals surface area contributed by atoms with E-state index in [1.807, 2.05) is 83.1 Å². The Balaban J connectivity index is 1.52. The topological polar surface area (TPSA) is 148 Å². The summed E-state index contributed by atoms with van der Waals surface area (Å²) >= 11 is 0. The second-order valence-electron chi connectivity index (χ2n) is 12.6.